The van der Waals surface area contributed by atoms with Gasteiger partial charge in [0, 0.05) is 9.95 Å². The predicted octanol–water partition coefficient (Wildman–Crippen LogP) is 3.26. The third kappa shape index (κ3) is 3.43. The zero-order chi connectivity index (χ0) is 18.8. The smallest absolute Gasteiger partial charge is 0.323 e. The van der Waals surface area contributed by atoms with Gasteiger partial charge in [-0.05, 0) is 30.2 Å². The van der Waals surface area contributed by atoms with Gasteiger partial charge in [0.2, 0.25) is 6.04 Å². The quantitative estimate of drug-likeness (QED) is 0.504. The van der Waals surface area contributed by atoms with E-state index in [1.165, 1.54) is 7.11 Å². The van der Waals surface area contributed by atoms with Crippen molar-refractivity contribution in [2.45, 2.75) is 31.0 Å². The highest BCUT2D eigenvalue weighted by atomic mass is 35.5. The summed E-state index contributed by atoms with van der Waals surface area (Å²) < 4.78 is 4.90. The van der Waals surface area contributed by atoms with E-state index >= 15 is 0 Å². The van der Waals surface area contributed by atoms with E-state index in [1.807, 2.05) is 31.2 Å². The second kappa shape index (κ2) is 7.43. The van der Waals surface area contributed by atoms with Crippen LogP contribution in [0.2, 0.25) is 5.02 Å². The van der Waals surface area contributed by atoms with Crippen molar-refractivity contribution in [1.29, 1.82) is 0 Å². The Labute approximate surface area is 156 Å². The van der Waals surface area contributed by atoms with E-state index in [9.17, 15) is 14.9 Å². The van der Waals surface area contributed by atoms with Gasteiger partial charge in [0.1, 0.15) is 12.1 Å². The van der Waals surface area contributed by atoms with Crippen LogP contribution < -0.4 is 5.32 Å². The van der Waals surface area contributed by atoms with Crippen molar-refractivity contribution in [3.63, 3.8) is 0 Å². The molecular formula is C19H19ClN2O4. The minimum atomic E-state index is -1.01. The highest BCUT2D eigenvalue weighted by Gasteiger charge is 2.54. The number of aryl methyl sites for hydroxylation is 1. The van der Waals surface area contributed by atoms with Crippen LogP contribution in [0.25, 0.3) is 0 Å². The van der Waals surface area contributed by atoms with Crippen molar-refractivity contribution in [3.05, 3.63) is 80.4 Å². The molecule has 2 aromatic carbocycles. The number of nitrogens with zero attached hydrogens (tertiary/aromatic N) is 1. The first kappa shape index (κ1) is 18.4. The monoisotopic (exact) mass is 374 g/mol. The lowest BCUT2D eigenvalue weighted by atomic mass is 9.85. The Morgan fingerprint density at radius 3 is 2.23 bits per heavy atom. The fourth-order valence-corrected chi connectivity index (χ4v) is 3.66. The van der Waals surface area contributed by atoms with Crippen molar-refractivity contribution >= 4 is 17.6 Å². The number of carbonyl (C=O) groups excluding carboxylic acids is 1. The number of nitro groups is 1. The van der Waals surface area contributed by atoms with Crippen molar-refractivity contribution in [2.24, 2.45) is 0 Å². The number of ether oxygens (including phenoxy) is 1. The number of benzene rings is 2. The minimum absolute atomic E-state index is 0.320. The second-order valence-electron chi connectivity index (χ2n) is 6.41. The summed E-state index contributed by atoms with van der Waals surface area (Å²) in [6, 6.07) is 11.8. The van der Waals surface area contributed by atoms with Gasteiger partial charge in [-0.25, -0.2) is 0 Å². The van der Waals surface area contributed by atoms with Crippen LogP contribution in [0, 0.1) is 17.0 Å². The van der Waals surface area contributed by atoms with Gasteiger partial charge in [0.05, 0.1) is 13.0 Å². The maximum atomic E-state index is 12.3. The SMILES string of the molecule is COC(=O)[C@@H]1N[C@H](c2ccc(Cl)cc2)[C@@H]([N+](=O)[O-])[C@@H]1c1ccc(C)cc1. The number of esters is 1. The van der Waals surface area contributed by atoms with Gasteiger partial charge in [-0.15, -0.1) is 0 Å². The first-order valence-electron chi connectivity index (χ1n) is 8.21. The van der Waals surface area contributed by atoms with Crippen LogP contribution in [0.3, 0.4) is 0 Å². The van der Waals surface area contributed by atoms with Crippen molar-refractivity contribution in [1.82, 2.24) is 5.32 Å². The molecule has 3 rings (SSSR count). The molecule has 7 heteroatoms. The summed E-state index contributed by atoms with van der Waals surface area (Å²) in [4.78, 5) is 24.0. The zero-order valence-corrected chi connectivity index (χ0v) is 15.1. The summed E-state index contributed by atoms with van der Waals surface area (Å²) in [7, 11) is 1.28. The Hall–Kier alpha value is -2.44. The largest absolute Gasteiger partial charge is 0.468 e. The zero-order valence-electron chi connectivity index (χ0n) is 14.4. The fraction of sp³-hybridized carbons (Fsp3) is 0.316. The van der Waals surface area contributed by atoms with Crippen molar-refractivity contribution in [2.75, 3.05) is 7.11 Å². The summed E-state index contributed by atoms with van der Waals surface area (Å²) in [5, 5.41) is 15.6. The van der Waals surface area contributed by atoms with E-state index in [0.717, 1.165) is 11.1 Å². The topological polar surface area (TPSA) is 81.5 Å². The van der Waals surface area contributed by atoms with Gasteiger partial charge in [-0.3, -0.25) is 20.2 Å². The Kier molecular flexibility index (Phi) is 5.25. The molecule has 0 aromatic heterocycles. The fourth-order valence-electron chi connectivity index (χ4n) is 3.54. The molecule has 26 heavy (non-hydrogen) atoms. The maximum absolute atomic E-state index is 12.3. The first-order valence-corrected chi connectivity index (χ1v) is 8.59. The van der Waals surface area contributed by atoms with Crippen LogP contribution in [0.15, 0.2) is 48.5 Å². The van der Waals surface area contributed by atoms with Gasteiger partial charge >= 0.3 is 5.97 Å². The molecule has 1 fully saturated rings. The molecule has 0 aliphatic carbocycles. The lowest BCUT2D eigenvalue weighted by molar-refractivity contribution is -0.527. The molecule has 1 aliphatic rings. The van der Waals surface area contributed by atoms with E-state index in [0.29, 0.717) is 10.6 Å². The number of methoxy groups -OCH3 is 1. The maximum Gasteiger partial charge on any atom is 0.323 e. The van der Waals surface area contributed by atoms with Gasteiger partial charge in [-0.2, -0.15) is 0 Å². The Morgan fingerprint density at radius 1 is 1.12 bits per heavy atom. The van der Waals surface area contributed by atoms with E-state index in [2.05, 4.69) is 5.32 Å². The summed E-state index contributed by atoms with van der Waals surface area (Å²) in [6.45, 7) is 1.94. The number of hydrogen-bond donors (Lipinski definition) is 1. The standard InChI is InChI=1S/C19H19ClN2O4/c1-11-3-5-12(6-4-11)15-17(19(23)26-2)21-16(18(15)22(24)25)13-7-9-14(20)10-8-13/h3-10,15-18,21H,1-2H3/t15-,16-,17-,18+/m1/s1. The van der Waals surface area contributed by atoms with E-state index in [4.69, 9.17) is 16.3 Å². The number of rotatable bonds is 4. The molecule has 0 bridgehead atoms. The Morgan fingerprint density at radius 2 is 1.69 bits per heavy atom. The molecule has 0 saturated carbocycles. The minimum Gasteiger partial charge on any atom is -0.468 e. The molecule has 1 heterocycles. The van der Waals surface area contributed by atoms with E-state index in [1.54, 1.807) is 24.3 Å². The molecule has 2 aromatic rings. The van der Waals surface area contributed by atoms with Crippen molar-refractivity contribution in [3.8, 4) is 0 Å². The van der Waals surface area contributed by atoms with Crippen LogP contribution >= 0.6 is 11.6 Å². The van der Waals surface area contributed by atoms with Crippen LogP contribution in [-0.2, 0) is 9.53 Å². The van der Waals surface area contributed by atoms with Crippen LogP contribution in [0.1, 0.15) is 28.7 Å². The lowest BCUT2D eigenvalue weighted by Crippen LogP contribution is -2.37. The van der Waals surface area contributed by atoms with Crippen LogP contribution in [-0.4, -0.2) is 30.1 Å². The normalized spacial score (nSPS) is 25.0. The third-order valence-electron chi connectivity index (χ3n) is 4.82. The molecule has 4 atom stereocenters. The highest BCUT2D eigenvalue weighted by Crippen LogP contribution is 2.40. The molecule has 6 nitrogen and oxygen atoms in total. The molecule has 0 radical (unpaired) electrons. The van der Waals surface area contributed by atoms with Gasteiger partial charge < -0.3 is 4.74 Å². The lowest BCUT2D eigenvalue weighted by Gasteiger charge is -2.19. The van der Waals surface area contributed by atoms with Gasteiger partial charge in [-0.1, -0.05) is 53.6 Å². The molecule has 1 saturated heterocycles. The molecule has 1 N–H and O–H groups in total. The molecular weight excluding hydrogens is 356 g/mol. The molecule has 0 amide bonds. The van der Waals surface area contributed by atoms with Gasteiger partial charge in [0.15, 0.2) is 0 Å². The summed E-state index contributed by atoms with van der Waals surface area (Å²) in [5.41, 5.74) is 2.48. The third-order valence-corrected chi connectivity index (χ3v) is 5.07. The number of halogens is 1. The summed E-state index contributed by atoms with van der Waals surface area (Å²) in [5.74, 6) is -1.15. The predicted molar refractivity (Wildman–Crippen MR) is 97.8 cm³/mol. The average molecular weight is 375 g/mol. The Bertz CT molecular complexity index is 807. The molecule has 136 valence electrons. The van der Waals surface area contributed by atoms with E-state index < -0.39 is 30.0 Å². The molecule has 0 spiro atoms. The highest BCUT2D eigenvalue weighted by molar-refractivity contribution is 6.30. The summed E-state index contributed by atoms with van der Waals surface area (Å²) >= 11 is 5.93. The van der Waals surface area contributed by atoms with Crippen LogP contribution in [0.4, 0.5) is 0 Å². The first-order chi connectivity index (χ1) is 12.4. The summed E-state index contributed by atoms with van der Waals surface area (Å²) in [6.07, 6.45) is 0. The number of nitrogens with one attached hydrogen (secondary N) is 1. The van der Waals surface area contributed by atoms with Crippen LogP contribution in [0.5, 0.6) is 0 Å². The van der Waals surface area contributed by atoms with E-state index in [-0.39, 0.29) is 4.92 Å². The van der Waals surface area contributed by atoms with Gasteiger partial charge in [0.25, 0.3) is 0 Å². The molecule has 1 aliphatic heterocycles. The second-order valence-corrected chi connectivity index (χ2v) is 6.85. The molecule has 0 unspecified atom stereocenters. The van der Waals surface area contributed by atoms with Crippen molar-refractivity contribution < 1.29 is 14.5 Å². The average Bonchev–Trinajstić information content (AvgIpc) is 3.03. The number of hydrogen-bond acceptors (Lipinski definition) is 5. The number of carbonyl (C=O) groups is 1. The Balaban J connectivity index is 2.07.